The number of fused-ring (bicyclic) bond motifs is 1. The Hall–Kier alpha value is -1.45. The van der Waals surface area contributed by atoms with Gasteiger partial charge in [0.1, 0.15) is 5.54 Å². The van der Waals surface area contributed by atoms with Crippen LogP contribution >= 0.6 is 15.9 Å². The molecule has 3 aliphatic rings. The van der Waals surface area contributed by atoms with Gasteiger partial charge < -0.3 is 4.90 Å². The summed E-state index contributed by atoms with van der Waals surface area (Å²) >= 11 is 3.48. The SMILES string of the molecule is CC1(C)C(=O)N([C@H]2C[C@@](C#N)(N3CCCCC3)C2)c2cc(Br)cnc21. The zero-order valence-electron chi connectivity index (χ0n) is 14.8. The topological polar surface area (TPSA) is 60.2 Å². The third-order valence-corrected chi connectivity index (χ3v) is 6.55. The Bertz CT molecular complexity index is 757. The van der Waals surface area contributed by atoms with Gasteiger partial charge >= 0.3 is 0 Å². The van der Waals surface area contributed by atoms with Crippen LogP contribution < -0.4 is 4.90 Å². The molecule has 3 heterocycles. The molecule has 1 saturated carbocycles. The quantitative estimate of drug-likeness (QED) is 0.760. The van der Waals surface area contributed by atoms with Gasteiger partial charge in [0.25, 0.3) is 0 Å². The number of hydrogen-bond donors (Lipinski definition) is 0. The fraction of sp³-hybridized carbons (Fsp3) is 0.632. The van der Waals surface area contributed by atoms with E-state index in [4.69, 9.17) is 0 Å². The predicted octanol–water partition coefficient (Wildman–Crippen LogP) is 3.38. The number of anilines is 1. The van der Waals surface area contributed by atoms with Gasteiger partial charge in [-0.2, -0.15) is 5.26 Å². The summed E-state index contributed by atoms with van der Waals surface area (Å²) in [7, 11) is 0. The second-order valence-electron chi connectivity index (χ2n) is 8.07. The van der Waals surface area contributed by atoms with Gasteiger partial charge in [-0.25, -0.2) is 0 Å². The van der Waals surface area contributed by atoms with E-state index in [0.29, 0.717) is 0 Å². The maximum absolute atomic E-state index is 13.1. The van der Waals surface area contributed by atoms with Crippen molar-refractivity contribution < 1.29 is 4.79 Å². The molecule has 0 aromatic carbocycles. The van der Waals surface area contributed by atoms with Gasteiger partial charge in [0, 0.05) is 29.6 Å². The van der Waals surface area contributed by atoms with E-state index in [1.807, 2.05) is 24.8 Å². The summed E-state index contributed by atoms with van der Waals surface area (Å²) < 4.78 is 0.878. The van der Waals surface area contributed by atoms with Crippen LogP contribution in [-0.4, -0.2) is 40.5 Å². The zero-order chi connectivity index (χ0) is 17.8. The molecule has 2 aliphatic heterocycles. The summed E-state index contributed by atoms with van der Waals surface area (Å²) in [5.74, 6) is 0.100. The van der Waals surface area contributed by atoms with Gasteiger partial charge in [-0.3, -0.25) is 14.7 Å². The van der Waals surface area contributed by atoms with E-state index in [-0.39, 0.29) is 11.9 Å². The maximum atomic E-state index is 13.1. The van der Waals surface area contributed by atoms with Crippen LogP contribution in [0.5, 0.6) is 0 Å². The molecule has 5 nitrogen and oxygen atoms in total. The highest BCUT2D eigenvalue weighted by Gasteiger charge is 2.56. The number of piperidine rings is 1. The largest absolute Gasteiger partial charge is 0.306 e. The van der Waals surface area contributed by atoms with Crippen molar-refractivity contribution in [3.8, 4) is 6.07 Å². The number of carbonyl (C=O) groups excluding carboxylic acids is 1. The Kier molecular flexibility index (Phi) is 3.93. The summed E-state index contributed by atoms with van der Waals surface area (Å²) in [5.41, 5.74) is 0.747. The first-order valence-corrected chi connectivity index (χ1v) is 9.84. The van der Waals surface area contributed by atoms with Crippen molar-refractivity contribution in [2.45, 2.75) is 62.9 Å². The summed E-state index contributed by atoms with van der Waals surface area (Å²) in [6.45, 7) is 5.89. The number of carbonyl (C=O) groups is 1. The molecule has 1 aromatic heterocycles. The summed E-state index contributed by atoms with van der Waals surface area (Å²) in [6, 6.07) is 4.65. The van der Waals surface area contributed by atoms with E-state index in [9.17, 15) is 10.1 Å². The predicted molar refractivity (Wildman–Crippen MR) is 99.2 cm³/mol. The van der Waals surface area contributed by atoms with Crippen molar-refractivity contribution in [3.63, 3.8) is 0 Å². The van der Waals surface area contributed by atoms with Crippen LogP contribution in [0.15, 0.2) is 16.7 Å². The molecular weight excluding hydrogens is 380 g/mol. The van der Waals surface area contributed by atoms with E-state index < -0.39 is 11.0 Å². The Morgan fingerprint density at radius 2 is 1.96 bits per heavy atom. The Morgan fingerprint density at radius 1 is 1.28 bits per heavy atom. The standard InChI is InChI=1S/C19H23BrN4O/c1-18(2)16-15(8-13(20)11-22-16)24(17(18)25)14-9-19(10-14,12-21)23-6-4-3-5-7-23/h8,11,14H,3-7,9-10H2,1-2H3/t14-,19+. The lowest BCUT2D eigenvalue weighted by Gasteiger charge is -2.53. The molecule has 0 radical (unpaired) electrons. The average Bonchev–Trinajstić information content (AvgIpc) is 2.75. The normalized spacial score (nSPS) is 31.4. The van der Waals surface area contributed by atoms with Crippen molar-refractivity contribution >= 4 is 27.5 Å². The van der Waals surface area contributed by atoms with Gasteiger partial charge in [0.15, 0.2) is 0 Å². The highest BCUT2D eigenvalue weighted by molar-refractivity contribution is 9.10. The molecule has 1 amide bonds. The molecule has 4 rings (SSSR count). The second-order valence-corrected chi connectivity index (χ2v) is 8.99. The number of amides is 1. The first-order chi connectivity index (χ1) is 11.9. The van der Waals surface area contributed by atoms with E-state index in [1.54, 1.807) is 6.20 Å². The van der Waals surface area contributed by atoms with Gasteiger partial charge in [0.05, 0.1) is 22.9 Å². The van der Waals surface area contributed by atoms with Crippen LogP contribution in [0.3, 0.4) is 0 Å². The second kappa shape index (κ2) is 5.78. The zero-order valence-corrected chi connectivity index (χ0v) is 16.3. The first-order valence-electron chi connectivity index (χ1n) is 9.05. The van der Waals surface area contributed by atoms with Crippen LogP contribution in [-0.2, 0) is 10.2 Å². The molecule has 132 valence electrons. The minimum absolute atomic E-state index is 0.0886. The fourth-order valence-electron chi connectivity index (χ4n) is 4.61. The molecule has 0 bridgehead atoms. The first kappa shape index (κ1) is 17.0. The smallest absolute Gasteiger partial charge is 0.239 e. The molecule has 0 atom stereocenters. The number of aromatic nitrogens is 1. The van der Waals surface area contributed by atoms with E-state index in [0.717, 1.165) is 41.8 Å². The van der Waals surface area contributed by atoms with Crippen molar-refractivity contribution in [1.29, 1.82) is 5.26 Å². The Morgan fingerprint density at radius 3 is 2.60 bits per heavy atom. The van der Waals surface area contributed by atoms with Crippen LogP contribution in [0, 0.1) is 11.3 Å². The highest BCUT2D eigenvalue weighted by Crippen LogP contribution is 2.49. The molecule has 1 aromatic rings. The van der Waals surface area contributed by atoms with Crippen molar-refractivity contribution in [2.24, 2.45) is 0 Å². The molecule has 6 heteroatoms. The lowest BCUT2D eigenvalue weighted by molar-refractivity contribution is -0.123. The Balaban J connectivity index is 1.61. The minimum Gasteiger partial charge on any atom is -0.306 e. The third kappa shape index (κ3) is 2.43. The van der Waals surface area contributed by atoms with Crippen molar-refractivity contribution in [2.75, 3.05) is 18.0 Å². The average molecular weight is 403 g/mol. The van der Waals surface area contributed by atoms with Gasteiger partial charge in [-0.05, 0) is 61.8 Å². The van der Waals surface area contributed by atoms with E-state index in [2.05, 4.69) is 31.9 Å². The van der Waals surface area contributed by atoms with Crippen LogP contribution in [0.1, 0.15) is 51.6 Å². The summed E-state index contributed by atoms with van der Waals surface area (Å²) in [4.78, 5) is 21.8. The molecule has 25 heavy (non-hydrogen) atoms. The lowest BCUT2D eigenvalue weighted by Crippen LogP contribution is -2.64. The fourth-order valence-corrected chi connectivity index (χ4v) is 4.93. The maximum Gasteiger partial charge on any atom is 0.239 e. The monoisotopic (exact) mass is 402 g/mol. The highest BCUT2D eigenvalue weighted by atomic mass is 79.9. The number of rotatable bonds is 2. The van der Waals surface area contributed by atoms with Crippen molar-refractivity contribution in [1.82, 2.24) is 9.88 Å². The van der Waals surface area contributed by atoms with Gasteiger partial charge in [-0.15, -0.1) is 0 Å². The van der Waals surface area contributed by atoms with Crippen molar-refractivity contribution in [3.05, 3.63) is 22.4 Å². The Labute approximate surface area is 157 Å². The van der Waals surface area contributed by atoms with Crippen LogP contribution in [0.4, 0.5) is 5.69 Å². The van der Waals surface area contributed by atoms with Crippen LogP contribution in [0.25, 0.3) is 0 Å². The molecule has 0 N–H and O–H groups in total. The lowest BCUT2D eigenvalue weighted by atomic mass is 9.70. The summed E-state index contributed by atoms with van der Waals surface area (Å²) in [5, 5.41) is 9.84. The summed E-state index contributed by atoms with van der Waals surface area (Å²) in [6.07, 6.45) is 6.82. The van der Waals surface area contributed by atoms with Crippen LogP contribution in [0.2, 0.25) is 0 Å². The third-order valence-electron chi connectivity index (χ3n) is 6.12. The molecule has 1 saturated heterocycles. The molecular formula is C19H23BrN4O. The number of pyridine rings is 1. The number of nitriles is 1. The molecule has 1 aliphatic carbocycles. The molecule has 0 spiro atoms. The number of nitrogens with zero attached hydrogens (tertiary/aromatic N) is 4. The minimum atomic E-state index is -0.605. The number of hydrogen-bond acceptors (Lipinski definition) is 4. The number of likely N-dealkylation sites (tertiary alicyclic amines) is 1. The van der Waals surface area contributed by atoms with Gasteiger partial charge in [0.2, 0.25) is 5.91 Å². The number of halogens is 1. The van der Waals surface area contributed by atoms with E-state index >= 15 is 0 Å². The molecule has 2 fully saturated rings. The van der Waals surface area contributed by atoms with E-state index in [1.165, 1.54) is 19.3 Å². The van der Waals surface area contributed by atoms with Gasteiger partial charge in [-0.1, -0.05) is 6.42 Å². The molecule has 0 unspecified atom stereocenters.